The molecule has 0 heterocycles. The average Bonchev–Trinajstić information content (AvgIpc) is 3.00. The number of nitrogens with two attached hydrogens (primary N) is 2. The van der Waals surface area contributed by atoms with Gasteiger partial charge in [-0.15, -0.1) is 0 Å². The minimum Gasteiger partial charge on any atom is -0.480 e. The number of hydrogen-bond acceptors (Lipinski definition) is 6. The van der Waals surface area contributed by atoms with Crippen molar-refractivity contribution in [3.63, 3.8) is 0 Å². The predicted molar refractivity (Wildman–Crippen MR) is 160 cm³/mol. The number of benzene rings is 3. The Morgan fingerprint density at radius 2 is 0.930 bits per heavy atom. The van der Waals surface area contributed by atoms with Gasteiger partial charge in [0.05, 0.1) is 6.04 Å². The number of aliphatic carboxylic acids is 1. The summed E-state index contributed by atoms with van der Waals surface area (Å²) in [5.41, 5.74) is 13.3. The molecule has 43 heavy (non-hydrogen) atoms. The first-order valence-electron chi connectivity index (χ1n) is 13.9. The molecule has 0 saturated heterocycles. The molecule has 226 valence electrons. The number of carboxylic acids is 1. The predicted octanol–water partition coefficient (Wildman–Crippen LogP) is 0.846. The van der Waals surface area contributed by atoms with Crippen molar-refractivity contribution in [2.45, 2.75) is 56.3 Å². The maximum absolute atomic E-state index is 13.7. The number of hydrogen-bond donors (Lipinski definition) is 6. The Kier molecular flexibility index (Phi) is 12.4. The molecule has 3 aromatic carbocycles. The van der Waals surface area contributed by atoms with Crippen LogP contribution in [0.4, 0.5) is 0 Å². The highest BCUT2D eigenvalue weighted by Gasteiger charge is 2.31. The Morgan fingerprint density at radius 3 is 1.30 bits per heavy atom. The van der Waals surface area contributed by atoms with Crippen molar-refractivity contribution < 1.29 is 29.1 Å². The monoisotopic (exact) mass is 587 g/mol. The molecule has 3 rings (SSSR count). The van der Waals surface area contributed by atoms with Gasteiger partial charge in [0.25, 0.3) is 0 Å². The van der Waals surface area contributed by atoms with E-state index in [0.29, 0.717) is 0 Å². The third kappa shape index (κ3) is 11.0. The van der Waals surface area contributed by atoms with Crippen LogP contribution in [0.3, 0.4) is 0 Å². The molecule has 0 saturated carbocycles. The molecule has 0 spiro atoms. The summed E-state index contributed by atoms with van der Waals surface area (Å²) in [6.07, 6.45) is 0.103. The number of carbonyl (C=O) groups is 5. The molecule has 4 atom stereocenters. The van der Waals surface area contributed by atoms with E-state index in [1.807, 2.05) is 12.1 Å². The van der Waals surface area contributed by atoms with Crippen molar-refractivity contribution in [1.82, 2.24) is 16.0 Å². The first-order chi connectivity index (χ1) is 20.6. The Morgan fingerprint density at radius 1 is 0.581 bits per heavy atom. The fraction of sp³-hybridized carbons (Fsp3) is 0.281. The van der Waals surface area contributed by atoms with E-state index in [0.717, 1.165) is 16.7 Å². The summed E-state index contributed by atoms with van der Waals surface area (Å²) in [5.74, 6) is -3.84. The van der Waals surface area contributed by atoms with Gasteiger partial charge in [0, 0.05) is 25.7 Å². The minimum absolute atomic E-state index is 0.00211. The minimum atomic E-state index is -1.24. The van der Waals surface area contributed by atoms with Crippen LogP contribution in [-0.4, -0.2) is 58.9 Å². The molecule has 0 aliphatic heterocycles. The van der Waals surface area contributed by atoms with Crippen LogP contribution >= 0.6 is 0 Å². The van der Waals surface area contributed by atoms with E-state index >= 15 is 0 Å². The van der Waals surface area contributed by atoms with Gasteiger partial charge in [0.2, 0.25) is 23.6 Å². The van der Waals surface area contributed by atoms with Crippen molar-refractivity contribution in [3.05, 3.63) is 108 Å². The van der Waals surface area contributed by atoms with Gasteiger partial charge in [-0.05, 0) is 23.1 Å². The van der Waals surface area contributed by atoms with E-state index in [-0.39, 0.29) is 32.1 Å². The van der Waals surface area contributed by atoms with Gasteiger partial charge in [-0.25, -0.2) is 4.79 Å². The van der Waals surface area contributed by atoms with Crippen LogP contribution in [0.1, 0.15) is 29.5 Å². The molecular weight excluding hydrogens is 550 g/mol. The number of carbonyl (C=O) groups excluding carboxylic acids is 4. The zero-order chi connectivity index (χ0) is 31.2. The zero-order valence-electron chi connectivity index (χ0n) is 23.6. The molecule has 0 aliphatic rings. The van der Waals surface area contributed by atoms with Gasteiger partial charge >= 0.3 is 5.97 Å². The zero-order valence-corrected chi connectivity index (χ0v) is 23.6. The lowest BCUT2D eigenvalue weighted by atomic mass is 10.0. The van der Waals surface area contributed by atoms with Crippen LogP contribution in [0.5, 0.6) is 0 Å². The second-order valence-electron chi connectivity index (χ2n) is 10.2. The van der Waals surface area contributed by atoms with Gasteiger partial charge in [-0.3, -0.25) is 19.2 Å². The van der Waals surface area contributed by atoms with Gasteiger partial charge in [0.15, 0.2) is 0 Å². The smallest absolute Gasteiger partial charge is 0.326 e. The quantitative estimate of drug-likeness (QED) is 0.143. The summed E-state index contributed by atoms with van der Waals surface area (Å²) in [4.78, 5) is 63.2. The normalized spacial score (nSPS) is 13.5. The molecule has 3 aromatic rings. The second-order valence-corrected chi connectivity index (χ2v) is 10.2. The number of carboxylic acid groups (broad SMARTS) is 1. The first kappa shape index (κ1) is 32.5. The Labute approximate surface area is 250 Å². The molecule has 0 fully saturated rings. The maximum Gasteiger partial charge on any atom is 0.326 e. The van der Waals surface area contributed by atoms with Crippen molar-refractivity contribution in [1.29, 1.82) is 0 Å². The number of amides is 4. The average molecular weight is 588 g/mol. The first-order valence-corrected chi connectivity index (χ1v) is 13.9. The topological polar surface area (TPSA) is 194 Å². The maximum atomic E-state index is 13.7. The van der Waals surface area contributed by atoms with Crippen LogP contribution in [0.25, 0.3) is 0 Å². The highest BCUT2D eigenvalue weighted by molar-refractivity contribution is 5.94. The van der Waals surface area contributed by atoms with E-state index in [1.165, 1.54) is 0 Å². The Bertz CT molecular complexity index is 1370. The van der Waals surface area contributed by atoms with Gasteiger partial charge in [-0.1, -0.05) is 91.0 Å². The standard InChI is InChI=1S/C32H37N5O6/c33-24(16-17-28(34)38)29(39)35-25(18-21-10-4-1-5-11-21)30(40)36-26(19-22-12-6-2-7-13-22)31(41)37-27(32(42)43)20-23-14-8-3-9-15-23/h1-15,24-27H,16-20,33H2,(H2,34,38)(H,35,39)(H,36,40)(H,37,41)(H,42,43). The van der Waals surface area contributed by atoms with Crippen LogP contribution in [-0.2, 0) is 43.2 Å². The third-order valence-corrected chi connectivity index (χ3v) is 6.77. The van der Waals surface area contributed by atoms with E-state index in [2.05, 4.69) is 16.0 Å². The molecule has 0 aliphatic carbocycles. The fourth-order valence-corrected chi connectivity index (χ4v) is 4.42. The molecule has 0 radical (unpaired) electrons. The molecular formula is C32H37N5O6. The molecule has 8 N–H and O–H groups in total. The van der Waals surface area contributed by atoms with Crippen molar-refractivity contribution in [2.24, 2.45) is 11.5 Å². The number of rotatable bonds is 16. The Hall–Kier alpha value is -5.03. The molecule has 11 heteroatoms. The van der Waals surface area contributed by atoms with Crippen molar-refractivity contribution in [2.75, 3.05) is 0 Å². The van der Waals surface area contributed by atoms with Crippen LogP contribution < -0.4 is 27.4 Å². The van der Waals surface area contributed by atoms with E-state index in [4.69, 9.17) is 11.5 Å². The molecule has 4 unspecified atom stereocenters. The van der Waals surface area contributed by atoms with E-state index in [9.17, 15) is 29.1 Å². The van der Waals surface area contributed by atoms with Crippen LogP contribution in [0.2, 0.25) is 0 Å². The number of nitrogens with one attached hydrogen (secondary N) is 3. The summed E-state index contributed by atoms with van der Waals surface area (Å²) >= 11 is 0. The highest BCUT2D eigenvalue weighted by atomic mass is 16.4. The molecule has 11 nitrogen and oxygen atoms in total. The van der Waals surface area contributed by atoms with Crippen LogP contribution in [0.15, 0.2) is 91.0 Å². The summed E-state index contributed by atoms with van der Waals surface area (Å²) in [5, 5.41) is 17.7. The van der Waals surface area contributed by atoms with Crippen molar-refractivity contribution >= 4 is 29.6 Å². The highest BCUT2D eigenvalue weighted by Crippen LogP contribution is 2.09. The third-order valence-electron chi connectivity index (χ3n) is 6.77. The summed E-state index contributed by atoms with van der Waals surface area (Å²) < 4.78 is 0. The molecule has 0 bridgehead atoms. The van der Waals surface area contributed by atoms with E-state index in [1.54, 1.807) is 78.9 Å². The number of primary amides is 1. The summed E-state index contributed by atoms with van der Waals surface area (Å²) in [7, 11) is 0. The lowest BCUT2D eigenvalue weighted by Gasteiger charge is -2.25. The summed E-state index contributed by atoms with van der Waals surface area (Å²) in [6, 6.07) is 22.2. The van der Waals surface area contributed by atoms with Crippen molar-refractivity contribution in [3.8, 4) is 0 Å². The van der Waals surface area contributed by atoms with E-state index < -0.39 is 53.8 Å². The van der Waals surface area contributed by atoms with Gasteiger partial charge < -0.3 is 32.5 Å². The molecule has 0 aromatic heterocycles. The largest absolute Gasteiger partial charge is 0.480 e. The van der Waals surface area contributed by atoms with Gasteiger partial charge in [-0.2, -0.15) is 0 Å². The second kappa shape index (κ2) is 16.4. The lowest BCUT2D eigenvalue weighted by molar-refractivity contribution is -0.142. The SMILES string of the molecule is NC(=O)CCC(N)C(=O)NC(Cc1ccccc1)C(=O)NC(Cc1ccccc1)C(=O)NC(Cc1ccccc1)C(=O)O. The Balaban J connectivity index is 1.82. The lowest BCUT2D eigenvalue weighted by Crippen LogP contribution is -2.58. The van der Waals surface area contributed by atoms with Gasteiger partial charge in [0.1, 0.15) is 18.1 Å². The van der Waals surface area contributed by atoms with Crippen LogP contribution in [0, 0.1) is 0 Å². The molecule has 4 amide bonds. The summed E-state index contributed by atoms with van der Waals surface area (Å²) in [6.45, 7) is 0. The fourth-order valence-electron chi connectivity index (χ4n) is 4.42.